The lowest BCUT2D eigenvalue weighted by molar-refractivity contribution is -0.118. The second-order valence-electron chi connectivity index (χ2n) is 9.72. The quantitative estimate of drug-likeness (QED) is 0.328. The van der Waals surface area contributed by atoms with Gasteiger partial charge in [0.1, 0.15) is 5.41 Å². The van der Waals surface area contributed by atoms with Crippen molar-refractivity contribution in [3.63, 3.8) is 0 Å². The Morgan fingerprint density at radius 3 is 2.28 bits per heavy atom. The molecule has 0 saturated heterocycles. The molecule has 2 atom stereocenters. The van der Waals surface area contributed by atoms with Crippen molar-refractivity contribution in [1.82, 2.24) is 4.98 Å². The third-order valence-corrected chi connectivity index (χ3v) is 7.74. The summed E-state index contributed by atoms with van der Waals surface area (Å²) in [5, 5.41) is 13.0. The van der Waals surface area contributed by atoms with Crippen LogP contribution in [0.15, 0.2) is 72.8 Å². The Kier molecular flexibility index (Phi) is 5.02. The summed E-state index contributed by atoms with van der Waals surface area (Å²) >= 11 is 6.63. The monoisotopic (exact) mass is 494 g/mol. The summed E-state index contributed by atoms with van der Waals surface area (Å²) in [6.45, 7) is 3.84. The van der Waals surface area contributed by atoms with Crippen molar-refractivity contribution in [3.8, 4) is 22.4 Å². The Labute approximate surface area is 213 Å². The van der Waals surface area contributed by atoms with Crippen LogP contribution in [0.4, 0.5) is 5.69 Å². The van der Waals surface area contributed by atoms with Gasteiger partial charge in [0.05, 0.1) is 27.7 Å². The average molecular weight is 495 g/mol. The molecule has 36 heavy (non-hydrogen) atoms. The SMILES string of the molecule is Cc1ccc(-c2ccc(-c3nc4c(cc3Cl)NC(=O)C43CC3c3ccc(C)c(C(=O)O)c3)cc2)cc1. The first-order chi connectivity index (χ1) is 17.3. The highest BCUT2D eigenvalue weighted by Gasteiger charge is 2.66. The molecule has 1 fully saturated rings. The predicted molar refractivity (Wildman–Crippen MR) is 141 cm³/mol. The van der Waals surface area contributed by atoms with E-state index in [1.165, 1.54) is 5.56 Å². The number of hydrogen-bond donors (Lipinski definition) is 2. The molecule has 178 valence electrons. The summed E-state index contributed by atoms with van der Waals surface area (Å²) < 4.78 is 0. The van der Waals surface area contributed by atoms with E-state index in [-0.39, 0.29) is 17.4 Å². The van der Waals surface area contributed by atoms with E-state index in [9.17, 15) is 14.7 Å². The van der Waals surface area contributed by atoms with Gasteiger partial charge in [0.25, 0.3) is 0 Å². The van der Waals surface area contributed by atoms with E-state index in [1.807, 2.05) is 30.3 Å². The van der Waals surface area contributed by atoms with E-state index in [4.69, 9.17) is 16.6 Å². The molecule has 2 N–H and O–H groups in total. The number of fused-ring (bicyclic) bond motifs is 2. The molecule has 5 nitrogen and oxygen atoms in total. The second kappa shape index (κ2) is 8.04. The molecule has 2 aliphatic rings. The Morgan fingerprint density at radius 1 is 0.972 bits per heavy atom. The number of aryl methyl sites for hydroxylation is 2. The third kappa shape index (κ3) is 3.42. The van der Waals surface area contributed by atoms with Gasteiger partial charge in [-0.15, -0.1) is 0 Å². The van der Waals surface area contributed by atoms with Crippen molar-refractivity contribution >= 4 is 29.2 Å². The van der Waals surface area contributed by atoms with E-state index >= 15 is 0 Å². The molecule has 0 radical (unpaired) electrons. The lowest BCUT2D eigenvalue weighted by Crippen LogP contribution is -2.21. The van der Waals surface area contributed by atoms with Crippen molar-refractivity contribution in [3.05, 3.63) is 106 Å². The molecule has 1 spiro atoms. The molecule has 2 unspecified atom stereocenters. The lowest BCUT2D eigenvalue weighted by Gasteiger charge is -2.12. The van der Waals surface area contributed by atoms with Crippen LogP contribution in [0.2, 0.25) is 5.02 Å². The molecule has 1 aliphatic heterocycles. The van der Waals surface area contributed by atoms with Gasteiger partial charge in [-0.25, -0.2) is 9.78 Å². The van der Waals surface area contributed by atoms with Crippen LogP contribution in [0.5, 0.6) is 0 Å². The third-order valence-electron chi connectivity index (χ3n) is 7.45. The van der Waals surface area contributed by atoms with Crippen LogP contribution in [0.25, 0.3) is 22.4 Å². The van der Waals surface area contributed by atoms with Gasteiger partial charge in [0.15, 0.2) is 0 Å². The van der Waals surface area contributed by atoms with Gasteiger partial charge < -0.3 is 10.4 Å². The van der Waals surface area contributed by atoms with Gasteiger partial charge in [-0.1, -0.05) is 77.8 Å². The number of pyridine rings is 1. The van der Waals surface area contributed by atoms with Crippen molar-refractivity contribution in [2.75, 3.05) is 5.32 Å². The summed E-state index contributed by atoms with van der Waals surface area (Å²) in [5.41, 5.74) is 7.22. The van der Waals surface area contributed by atoms with Gasteiger partial charge in [0, 0.05) is 11.5 Å². The molecule has 1 saturated carbocycles. The fraction of sp³-hybridized carbons (Fsp3) is 0.167. The first-order valence-corrected chi connectivity index (χ1v) is 12.2. The van der Waals surface area contributed by atoms with Gasteiger partial charge in [-0.2, -0.15) is 0 Å². The minimum absolute atomic E-state index is 0.115. The van der Waals surface area contributed by atoms with Crippen molar-refractivity contribution in [2.45, 2.75) is 31.6 Å². The number of benzene rings is 3. The number of carboxylic acids is 1. The fourth-order valence-corrected chi connectivity index (χ4v) is 5.56. The molecule has 6 rings (SSSR count). The molecule has 2 heterocycles. The van der Waals surface area contributed by atoms with E-state index in [0.717, 1.165) is 22.3 Å². The Balaban J connectivity index is 1.37. The van der Waals surface area contributed by atoms with E-state index < -0.39 is 11.4 Å². The maximum Gasteiger partial charge on any atom is 0.335 e. The zero-order valence-corrected chi connectivity index (χ0v) is 20.6. The minimum Gasteiger partial charge on any atom is -0.478 e. The smallest absolute Gasteiger partial charge is 0.335 e. The number of nitrogens with zero attached hydrogens (tertiary/aromatic N) is 1. The zero-order chi connectivity index (χ0) is 25.2. The molecular formula is C30H23ClN2O3. The highest BCUT2D eigenvalue weighted by molar-refractivity contribution is 6.33. The van der Waals surface area contributed by atoms with Crippen LogP contribution in [0.3, 0.4) is 0 Å². The number of nitrogens with one attached hydrogen (secondary N) is 1. The number of amides is 1. The number of aromatic nitrogens is 1. The minimum atomic E-state index is -0.971. The molecule has 1 amide bonds. The predicted octanol–water partition coefficient (Wildman–Crippen LogP) is 6.76. The Morgan fingerprint density at radius 2 is 1.61 bits per heavy atom. The highest BCUT2D eigenvalue weighted by Crippen LogP contribution is 2.65. The first-order valence-electron chi connectivity index (χ1n) is 11.8. The fourth-order valence-electron chi connectivity index (χ4n) is 5.30. The summed E-state index contributed by atoms with van der Waals surface area (Å²) in [6, 6.07) is 23.6. The van der Waals surface area contributed by atoms with Gasteiger partial charge >= 0.3 is 5.97 Å². The number of anilines is 1. The number of carboxylic acid groups (broad SMARTS) is 1. The number of carbonyl (C=O) groups is 2. The summed E-state index contributed by atoms with van der Waals surface area (Å²) in [5.74, 6) is -1.22. The number of aromatic carboxylic acids is 1. The zero-order valence-electron chi connectivity index (χ0n) is 19.8. The van der Waals surface area contributed by atoms with Gasteiger partial charge in [0.2, 0.25) is 5.91 Å². The summed E-state index contributed by atoms with van der Waals surface area (Å²) in [7, 11) is 0. The summed E-state index contributed by atoms with van der Waals surface area (Å²) in [4.78, 5) is 29.7. The topological polar surface area (TPSA) is 79.3 Å². The van der Waals surface area contributed by atoms with Crippen molar-refractivity contribution < 1.29 is 14.7 Å². The van der Waals surface area contributed by atoms with Crippen molar-refractivity contribution in [1.29, 1.82) is 0 Å². The Hall–Kier alpha value is -3.96. The molecule has 0 bridgehead atoms. The average Bonchev–Trinajstić information content (AvgIpc) is 3.55. The standard InChI is InChI=1S/C30H23ClN2O3/c1-16-3-6-18(7-4-16)19-9-11-20(12-10-19)26-24(31)14-25-27(33-26)30(29(36)32-25)15-23(30)21-8-5-17(2)22(13-21)28(34)35/h3-14,23H,15H2,1-2H3,(H,32,36)(H,34,35). The van der Waals surface area contributed by atoms with Gasteiger partial charge in [-0.05, 0) is 54.7 Å². The lowest BCUT2D eigenvalue weighted by atomic mass is 9.93. The number of rotatable bonds is 4. The Bertz CT molecular complexity index is 1560. The maximum absolute atomic E-state index is 13.2. The largest absolute Gasteiger partial charge is 0.478 e. The molecular weight excluding hydrogens is 472 g/mol. The normalized spacial score (nSPS) is 19.8. The number of halogens is 1. The van der Waals surface area contributed by atoms with E-state index in [2.05, 4.69) is 36.5 Å². The van der Waals surface area contributed by atoms with Crippen LogP contribution in [-0.4, -0.2) is 22.0 Å². The van der Waals surface area contributed by atoms with Crippen LogP contribution in [-0.2, 0) is 10.2 Å². The molecule has 1 aliphatic carbocycles. The molecule has 6 heteroatoms. The number of hydrogen-bond acceptors (Lipinski definition) is 3. The summed E-state index contributed by atoms with van der Waals surface area (Å²) in [6.07, 6.45) is 0.578. The second-order valence-corrected chi connectivity index (χ2v) is 10.1. The van der Waals surface area contributed by atoms with E-state index in [1.54, 1.807) is 25.1 Å². The van der Waals surface area contributed by atoms with Crippen LogP contribution in [0.1, 0.15) is 45.1 Å². The molecule has 1 aromatic heterocycles. The van der Waals surface area contributed by atoms with E-state index in [0.29, 0.717) is 34.1 Å². The highest BCUT2D eigenvalue weighted by atomic mass is 35.5. The number of carbonyl (C=O) groups excluding carboxylic acids is 1. The first kappa shape index (κ1) is 22.5. The van der Waals surface area contributed by atoms with Crippen LogP contribution in [0, 0.1) is 13.8 Å². The van der Waals surface area contributed by atoms with Crippen LogP contribution >= 0.6 is 11.6 Å². The molecule has 3 aromatic carbocycles. The van der Waals surface area contributed by atoms with Crippen molar-refractivity contribution in [2.24, 2.45) is 0 Å². The maximum atomic E-state index is 13.2. The van der Waals surface area contributed by atoms with Gasteiger partial charge in [-0.3, -0.25) is 4.79 Å². The molecule has 4 aromatic rings. The van der Waals surface area contributed by atoms with Crippen LogP contribution < -0.4 is 5.32 Å².